The number of rotatable bonds is 4. The number of carbonyl (C=O) groups is 4. The molecule has 4 aliphatic rings. The Bertz CT molecular complexity index is 1620. The van der Waals surface area contributed by atoms with E-state index in [0.717, 1.165) is 11.1 Å². The van der Waals surface area contributed by atoms with Crippen molar-refractivity contribution in [3.8, 4) is 11.5 Å². The highest BCUT2D eigenvalue weighted by molar-refractivity contribution is 9.12. The number of benzene rings is 2. The number of allylic oxidation sites excluding steroid dienone is 7. The van der Waals surface area contributed by atoms with Crippen molar-refractivity contribution in [3.63, 3.8) is 0 Å². The molecule has 2 aromatic rings. The summed E-state index contributed by atoms with van der Waals surface area (Å²) in [6.07, 6.45) is 7.46. The average molecular weight is 621 g/mol. The number of ketones is 2. The molecular weight excluding hydrogens is 598 g/mol. The molecule has 1 aliphatic heterocycles. The molecule has 1 fully saturated rings. The van der Waals surface area contributed by atoms with Gasteiger partial charge >= 0.3 is 0 Å². The monoisotopic (exact) mass is 619 g/mol. The number of ether oxygens (including phenoxy) is 1. The number of nitrogens with zero attached hydrogens (tertiary/aromatic N) is 1. The standard InChI is InChI=1S/C31H23BrClNO6/c1-40-26-12-15(3-11-24(26)35)2-8-19-18-9-10-20-28(21(18)13-22-27(19)25(36)14-23(32)29(22)37)31(39)34(30(20)38)17-6-4-16(33)5-7-17/h2-9,11-12,14,19-21,28,35H,10,13H2,1H3/t19-,20-,21+,28-/m0/s1. The summed E-state index contributed by atoms with van der Waals surface area (Å²) >= 11 is 9.26. The summed E-state index contributed by atoms with van der Waals surface area (Å²) in [6.45, 7) is 0. The molecule has 4 atom stereocenters. The summed E-state index contributed by atoms with van der Waals surface area (Å²) in [5, 5.41) is 10.5. The van der Waals surface area contributed by atoms with Crippen molar-refractivity contribution in [1.82, 2.24) is 0 Å². The largest absolute Gasteiger partial charge is 0.504 e. The van der Waals surface area contributed by atoms with Gasteiger partial charge in [0.1, 0.15) is 0 Å². The Morgan fingerprint density at radius 1 is 1.05 bits per heavy atom. The number of phenolic OH excluding ortho intramolecular Hbond substituents is 1. The number of methoxy groups -OCH3 is 1. The van der Waals surface area contributed by atoms with Crippen molar-refractivity contribution >= 4 is 62.7 Å². The lowest BCUT2D eigenvalue weighted by molar-refractivity contribution is -0.123. The first kappa shape index (κ1) is 26.5. The zero-order valence-electron chi connectivity index (χ0n) is 21.3. The van der Waals surface area contributed by atoms with Crippen LogP contribution in [-0.4, -0.2) is 35.6 Å². The molecular formula is C31H23BrClNO6. The molecule has 9 heteroatoms. The van der Waals surface area contributed by atoms with E-state index in [9.17, 15) is 24.3 Å². The Kier molecular flexibility index (Phi) is 6.63. The van der Waals surface area contributed by atoms with Gasteiger partial charge in [0.15, 0.2) is 23.1 Å². The van der Waals surface area contributed by atoms with Crippen molar-refractivity contribution in [2.45, 2.75) is 12.8 Å². The molecule has 40 heavy (non-hydrogen) atoms. The first-order valence-corrected chi connectivity index (χ1v) is 13.9. The van der Waals surface area contributed by atoms with Gasteiger partial charge in [0, 0.05) is 28.2 Å². The topological polar surface area (TPSA) is 101 Å². The van der Waals surface area contributed by atoms with Crippen LogP contribution >= 0.6 is 27.5 Å². The third kappa shape index (κ3) is 4.17. The van der Waals surface area contributed by atoms with E-state index in [1.54, 1.807) is 42.5 Å². The number of aromatic hydroxyl groups is 1. The molecule has 0 spiro atoms. The Morgan fingerprint density at radius 3 is 2.52 bits per heavy atom. The number of carbonyl (C=O) groups excluding carboxylic acids is 4. The van der Waals surface area contributed by atoms with Crippen LogP contribution in [0.2, 0.25) is 5.02 Å². The molecule has 7 nitrogen and oxygen atoms in total. The fourth-order valence-corrected chi connectivity index (χ4v) is 6.91. The number of hydrogen-bond acceptors (Lipinski definition) is 6. The van der Waals surface area contributed by atoms with E-state index >= 15 is 0 Å². The molecule has 0 bridgehead atoms. The van der Waals surface area contributed by atoms with Gasteiger partial charge in [0.2, 0.25) is 11.8 Å². The Hall–Kier alpha value is -3.75. The fraction of sp³-hybridized carbons (Fsp3) is 0.226. The number of amides is 2. The van der Waals surface area contributed by atoms with E-state index in [2.05, 4.69) is 15.9 Å². The predicted molar refractivity (Wildman–Crippen MR) is 153 cm³/mol. The minimum atomic E-state index is -0.658. The van der Waals surface area contributed by atoms with Crippen LogP contribution < -0.4 is 9.64 Å². The summed E-state index contributed by atoms with van der Waals surface area (Å²) in [7, 11) is 1.46. The van der Waals surface area contributed by atoms with Crippen molar-refractivity contribution in [2.24, 2.45) is 23.7 Å². The third-order valence-electron chi connectivity index (χ3n) is 8.15. The van der Waals surface area contributed by atoms with Crippen LogP contribution in [0.5, 0.6) is 11.5 Å². The molecule has 3 aliphatic carbocycles. The summed E-state index contributed by atoms with van der Waals surface area (Å²) < 4.78 is 5.40. The van der Waals surface area contributed by atoms with Crippen LogP contribution in [0.3, 0.4) is 0 Å². The average Bonchev–Trinajstić information content (AvgIpc) is 3.20. The predicted octanol–water partition coefficient (Wildman–Crippen LogP) is 5.57. The van der Waals surface area contributed by atoms with Crippen LogP contribution in [0, 0.1) is 23.7 Å². The van der Waals surface area contributed by atoms with Gasteiger partial charge in [-0.15, -0.1) is 0 Å². The van der Waals surface area contributed by atoms with Gasteiger partial charge in [-0.25, -0.2) is 0 Å². The number of anilines is 1. The second kappa shape index (κ2) is 10.0. The van der Waals surface area contributed by atoms with Crippen molar-refractivity contribution in [3.05, 3.63) is 92.5 Å². The highest BCUT2D eigenvalue weighted by atomic mass is 79.9. The van der Waals surface area contributed by atoms with Crippen molar-refractivity contribution in [1.29, 1.82) is 0 Å². The molecule has 6 rings (SSSR count). The van der Waals surface area contributed by atoms with Gasteiger partial charge in [0.05, 0.1) is 29.1 Å². The Morgan fingerprint density at radius 2 is 1.80 bits per heavy atom. The van der Waals surface area contributed by atoms with Crippen LogP contribution in [0.15, 0.2) is 81.9 Å². The quantitative estimate of drug-likeness (QED) is 0.273. The molecule has 1 heterocycles. The van der Waals surface area contributed by atoms with Gasteiger partial charge in [-0.2, -0.15) is 0 Å². The second-order valence-electron chi connectivity index (χ2n) is 10.2. The normalized spacial score (nSPS) is 26.0. The van der Waals surface area contributed by atoms with E-state index in [1.807, 2.05) is 12.2 Å². The summed E-state index contributed by atoms with van der Waals surface area (Å²) in [5.74, 6) is -3.04. The minimum Gasteiger partial charge on any atom is -0.504 e. The number of fused-ring (bicyclic) bond motifs is 3. The van der Waals surface area contributed by atoms with Crippen LogP contribution in [0.4, 0.5) is 5.69 Å². The molecule has 1 saturated heterocycles. The lowest BCUT2D eigenvalue weighted by atomic mass is 9.61. The van der Waals surface area contributed by atoms with Gasteiger partial charge < -0.3 is 9.84 Å². The van der Waals surface area contributed by atoms with Gasteiger partial charge in [-0.3, -0.25) is 24.1 Å². The van der Waals surface area contributed by atoms with Gasteiger partial charge in [0.25, 0.3) is 0 Å². The number of Topliss-reactive ketones (excluding diaryl/α,β-unsaturated/α-hetero) is 1. The Labute approximate surface area is 243 Å². The maximum atomic E-state index is 13.8. The fourth-order valence-electron chi connectivity index (χ4n) is 6.33. The third-order valence-corrected chi connectivity index (χ3v) is 8.99. The zero-order valence-corrected chi connectivity index (χ0v) is 23.6. The molecule has 2 amide bonds. The number of phenols is 1. The summed E-state index contributed by atoms with van der Waals surface area (Å²) in [6, 6.07) is 11.5. The van der Waals surface area contributed by atoms with Crippen molar-refractivity contribution < 1.29 is 29.0 Å². The summed E-state index contributed by atoms with van der Waals surface area (Å²) in [5.41, 5.74) is 2.79. The van der Waals surface area contributed by atoms with E-state index in [-0.39, 0.29) is 40.0 Å². The first-order valence-electron chi connectivity index (χ1n) is 12.8. The highest BCUT2D eigenvalue weighted by Gasteiger charge is 2.56. The molecule has 202 valence electrons. The second-order valence-corrected chi connectivity index (χ2v) is 11.5. The highest BCUT2D eigenvalue weighted by Crippen LogP contribution is 2.53. The minimum absolute atomic E-state index is 0.00102. The van der Waals surface area contributed by atoms with E-state index < -0.39 is 23.7 Å². The van der Waals surface area contributed by atoms with E-state index in [1.165, 1.54) is 24.2 Å². The van der Waals surface area contributed by atoms with Crippen molar-refractivity contribution in [2.75, 3.05) is 12.0 Å². The van der Waals surface area contributed by atoms with Crippen LogP contribution in [0.1, 0.15) is 18.4 Å². The molecule has 0 saturated carbocycles. The number of hydrogen-bond donors (Lipinski definition) is 1. The molecule has 0 aromatic heterocycles. The first-order chi connectivity index (χ1) is 19.2. The van der Waals surface area contributed by atoms with Gasteiger partial charge in [-0.05, 0) is 76.7 Å². The summed E-state index contributed by atoms with van der Waals surface area (Å²) in [4.78, 5) is 55.1. The molecule has 0 radical (unpaired) electrons. The van der Waals surface area contributed by atoms with Crippen LogP contribution in [0.25, 0.3) is 6.08 Å². The maximum absolute atomic E-state index is 13.8. The van der Waals surface area contributed by atoms with E-state index in [0.29, 0.717) is 34.0 Å². The van der Waals surface area contributed by atoms with Gasteiger partial charge in [-0.1, -0.05) is 41.5 Å². The number of halogens is 2. The molecule has 2 aromatic carbocycles. The molecule has 0 unspecified atom stereocenters. The lowest BCUT2D eigenvalue weighted by Crippen LogP contribution is -2.40. The lowest BCUT2D eigenvalue weighted by Gasteiger charge is -2.41. The van der Waals surface area contributed by atoms with E-state index in [4.69, 9.17) is 16.3 Å². The SMILES string of the molecule is COc1cc(C=C[C@H]2C3=CC[C@@H]4C(=O)N(c5ccc(Cl)cc5)C(=O)[C@@H]4[C@@H]3CC3=C2C(=O)C=C(Br)C3=O)ccc1O. The zero-order chi connectivity index (χ0) is 28.3. The van der Waals surface area contributed by atoms with Crippen LogP contribution in [-0.2, 0) is 19.2 Å². The smallest absolute Gasteiger partial charge is 0.238 e. The maximum Gasteiger partial charge on any atom is 0.238 e. The molecule has 1 N–H and O–H groups in total. The Balaban J connectivity index is 1.42. The number of imide groups is 1.